The fourth-order valence-electron chi connectivity index (χ4n) is 1.66. The zero-order valence-corrected chi connectivity index (χ0v) is 13.4. The van der Waals surface area contributed by atoms with E-state index in [0.29, 0.717) is 12.1 Å². The van der Waals surface area contributed by atoms with Gasteiger partial charge in [0.1, 0.15) is 11.6 Å². The van der Waals surface area contributed by atoms with Crippen LogP contribution in [0.15, 0.2) is 45.8 Å². The highest BCUT2D eigenvalue weighted by molar-refractivity contribution is 9.10. The first kappa shape index (κ1) is 17.7. The monoisotopic (exact) mass is 415 g/mol. The molecule has 0 bridgehead atoms. The Kier molecular flexibility index (Phi) is 4.67. The van der Waals surface area contributed by atoms with E-state index >= 15 is 0 Å². The third-order valence-corrected chi connectivity index (χ3v) is 4.78. The van der Waals surface area contributed by atoms with Gasteiger partial charge in [-0.15, -0.1) is 0 Å². The summed E-state index contributed by atoms with van der Waals surface area (Å²) in [7, 11) is -4.48. The van der Waals surface area contributed by atoms with Crippen molar-refractivity contribution < 1.29 is 30.4 Å². The Labute approximate surface area is 136 Å². The van der Waals surface area contributed by atoms with E-state index in [2.05, 4.69) is 15.9 Å². The van der Waals surface area contributed by atoms with Crippen LogP contribution in [0.3, 0.4) is 0 Å². The smallest absolute Gasteiger partial charge is 0.277 e. The minimum atomic E-state index is -4.77. The average Bonchev–Trinajstić information content (AvgIpc) is 2.41. The molecule has 0 amide bonds. The number of halogens is 6. The maximum absolute atomic E-state index is 13.5. The largest absolute Gasteiger partial charge is 0.417 e. The Bertz CT molecular complexity index is 852. The molecule has 0 aromatic heterocycles. The molecule has 0 saturated carbocycles. The quantitative estimate of drug-likeness (QED) is 0.747. The molecule has 124 valence electrons. The van der Waals surface area contributed by atoms with Gasteiger partial charge in [0.15, 0.2) is 0 Å². The van der Waals surface area contributed by atoms with Crippen LogP contribution in [0.1, 0.15) is 5.56 Å². The van der Waals surface area contributed by atoms with Crippen molar-refractivity contribution in [1.82, 2.24) is 0 Å². The van der Waals surface area contributed by atoms with E-state index in [9.17, 15) is 30.4 Å². The summed E-state index contributed by atoms with van der Waals surface area (Å²) in [5.41, 5.74) is -1.78. The van der Waals surface area contributed by atoms with E-state index in [1.807, 2.05) is 0 Å². The number of nitrogens with one attached hydrogen (secondary N) is 1. The second-order valence-electron chi connectivity index (χ2n) is 4.37. The van der Waals surface area contributed by atoms with Crippen molar-refractivity contribution in [3.8, 4) is 0 Å². The number of benzene rings is 2. The highest BCUT2D eigenvalue weighted by atomic mass is 79.9. The van der Waals surface area contributed by atoms with Crippen LogP contribution < -0.4 is 4.72 Å². The molecule has 2 rings (SSSR count). The van der Waals surface area contributed by atoms with Crippen molar-refractivity contribution >= 4 is 31.6 Å². The Hall–Kier alpha value is -1.68. The van der Waals surface area contributed by atoms with Crippen molar-refractivity contribution in [2.75, 3.05) is 4.72 Å². The average molecular weight is 416 g/mol. The lowest BCUT2D eigenvalue weighted by Crippen LogP contribution is -2.16. The molecule has 0 aliphatic carbocycles. The van der Waals surface area contributed by atoms with Crippen LogP contribution in [0.5, 0.6) is 0 Å². The number of sulfonamides is 1. The number of alkyl halides is 3. The predicted octanol–water partition coefficient (Wildman–Crippen LogP) is 4.55. The van der Waals surface area contributed by atoms with Gasteiger partial charge in [0, 0.05) is 10.5 Å². The standard InChI is InChI=1S/C13H7BrF5NO2S/c14-10-3-2-8(6-9(10)13(17,18)19)23(21,22)20-12-4-1-7(15)5-11(12)16/h1-6,20H. The summed E-state index contributed by atoms with van der Waals surface area (Å²) >= 11 is 2.68. The minimum Gasteiger partial charge on any atom is -0.277 e. The molecule has 10 heteroatoms. The van der Waals surface area contributed by atoms with Gasteiger partial charge in [0.05, 0.1) is 16.1 Å². The zero-order chi connectivity index (χ0) is 17.4. The molecule has 0 saturated heterocycles. The number of anilines is 1. The first-order valence-electron chi connectivity index (χ1n) is 5.85. The van der Waals surface area contributed by atoms with Crippen LogP contribution in [-0.4, -0.2) is 8.42 Å². The van der Waals surface area contributed by atoms with Crippen molar-refractivity contribution in [3.05, 3.63) is 58.1 Å². The number of rotatable bonds is 3. The molecule has 0 fully saturated rings. The lowest BCUT2D eigenvalue weighted by molar-refractivity contribution is -0.138. The highest BCUT2D eigenvalue weighted by Crippen LogP contribution is 2.36. The molecule has 0 atom stereocenters. The molecule has 23 heavy (non-hydrogen) atoms. The molecule has 0 aliphatic rings. The van der Waals surface area contributed by atoms with Gasteiger partial charge in [-0.1, -0.05) is 15.9 Å². The maximum atomic E-state index is 13.5. The summed E-state index contributed by atoms with van der Waals surface area (Å²) in [6.45, 7) is 0. The van der Waals surface area contributed by atoms with Crippen LogP contribution >= 0.6 is 15.9 Å². The van der Waals surface area contributed by atoms with Crippen LogP contribution in [0, 0.1) is 11.6 Å². The number of hydrogen-bond acceptors (Lipinski definition) is 2. The van der Waals surface area contributed by atoms with E-state index < -0.39 is 44.0 Å². The lowest BCUT2D eigenvalue weighted by atomic mass is 10.2. The Morgan fingerprint density at radius 1 is 1.00 bits per heavy atom. The van der Waals surface area contributed by atoms with Gasteiger partial charge >= 0.3 is 6.18 Å². The maximum Gasteiger partial charge on any atom is 0.417 e. The fourth-order valence-corrected chi connectivity index (χ4v) is 3.23. The van der Waals surface area contributed by atoms with Gasteiger partial charge in [-0.25, -0.2) is 17.2 Å². The zero-order valence-electron chi connectivity index (χ0n) is 11.0. The van der Waals surface area contributed by atoms with Crippen molar-refractivity contribution in [2.24, 2.45) is 0 Å². The first-order valence-corrected chi connectivity index (χ1v) is 8.13. The topological polar surface area (TPSA) is 46.2 Å². The third-order valence-electron chi connectivity index (χ3n) is 2.73. The lowest BCUT2D eigenvalue weighted by Gasteiger charge is -2.13. The number of hydrogen-bond donors (Lipinski definition) is 1. The summed E-state index contributed by atoms with van der Waals surface area (Å²) in [5, 5.41) is 0. The normalized spacial score (nSPS) is 12.3. The summed E-state index contributed by atoms with van der Waals surface area (Å²) in [6, 6.07) is 4.32. The van der Waals surface area contributed by atoms with E-state index in [1.54, 1.807) is 4.72 Å². The molecule has 0 unspecified atom stereocenters. The van der Waals surface area contributed by atoms with Gasteiger partial charge in [-0.3, -0.25) is 4.72 Å². The minimum absolute atomic E-state index is 0.336. The van der Waals surface area contributed by atoms with Crippen molar-refractivity contribution in [3.63, 3.8) is 0 Å². The molecule has 3 nitrogen and oxygen atoms in total. The summed E-state index contributed by atoms with van der Waals surface area (Å²) < 4.78 is 90.3. The van der Waals surface area contributed by atoms with Crippen LogP contribution in [0.2, 0.25) is 0 Å². The summed E-state index contributed by atoms with van der Waals surface area (Å²) in [6.07, 6.45) is -4.77. The van der Waals surface area contributed by atoms with Gasteiger partial charge in [0.25, 0.3) is 10.0 Å². The van der Waals surface area contributed by atoms with E-state index in [0.717, 1.165) is 24.3 Å². The van der Waals surface area contributed by atoms with Gasteiger partial charge in [-0.2, -0.15) is 13.2 Å². The highest BCUT2D eigenvalue weighted by Gasteiger charge is 2.34. The van der Waals surface area contributed by atoms with Crippen LogP contribution in [0.25, 0.3) is 0 Å². The molecule has 2 aromatic rings. The summed E-state index contributed by atoms with van der Waals surface area (Å²) in [4.78, 5) is -0.711. The van der Waals surface area contributed by atoms with Crippen LogP contribution in [0.4, 0.5) is 27.6 Å². The second kappa shape index (κ2) is 6.08. The molecule has 1 N–H and O–H groups in total. The van der Waals surface area contributed by atoms with Crippen LogP contribution in [-0.2, 0) is 16.2 Å². The Morgan fingerprint density at radius 3 is 2.22 bits per heavy atom. The molecule has 0 radical (unpaired) electrons. The second-order valence-corrected chi connectivity index (χ2v) is 6.91. The van der Waals surface area contributed by atoms with Crippen molar-refractivity contribution in [2.45, 2.75) is 11.1 Å². The van der Waals surface area contributed by atoms with Gasteiger partial charge in [0.2, 0.25) is 0 Å². The SMILES string of the molecule is O=S(=O)(Nc1ccc(F)cc1F)c1ccc(Br)c(C(F)(F)F)c1. The van der Waals surface area contributed by atoms with Gasteiger partial charge < -0.3 is 0 Å². The molecular weight excluding hydrogens is 409 g/mol. The molecule has 0 heterocycles. The van der Waals surface area contributed by atoms with Gasteiger partial charge in [-0.05, 0) is 30.3 Å². The molecule has 0 spiro atoms. The Morgan fingerprint density at radius 2 is 1.65 bits per heavy atom. The summed E-state index contributed by atoms with van der Waals surface area (Å²) in [5.74, 6) is -2.12. The van der Waals surface area contributed by atoms with E-state index in [-0.39, 0.29) is 4.47 Å². The molecule has 0 aliphatic heterocycles. The fraction of sp³-hybridized carbons (Fsp3) is 0.0769. The van der Waals surface area contributed by atoms with E-state index in [4.69, 9.17) is 0 Å². The molecule has 2 aromatic carbocycles. The first-order chi connectivity index (χ1) is 10.5. The third kappa shape index (κ3) is 3.99. The molecular formula is C13H7BrF5NO2S. The predicted molar refractivity (Wildman–Crippen MR) is 76.3 cm³/mol. The van der Waals surface area contributed by atoms with E-state index in [1.165, 1.54) is 0 Å². The Balaban J connectivity index is 2.44. The van der Waals surface area contributed by atoms with Crippen molar-refractivity contribution in [1.29, 1.82) is 0 Å².